The van der Waals surface area contributed by atoms with Crippen LogP contribution in [0.25, 0.3) is 0 Å². The first kappa shape index (κ1) is 119. The van der Waals surface area contributed by atoms with Gasteiger partial charge in [0, 0.05) is 48.7 Å². The number of esters is 4. The van der Waals surface area contributed by atoms with Gasteiger partial charge >= 0.3 is 23.9 Å². The van der Waals surface area contributed by atoms with E-state index in [4.69, 9.17) is 28.0 Å². The van der Waals surface area contributed by atoms with Gasteiger partial charge in [0.1, 0.15) is 0 Å². The highest BCUT2D eigenvalue weighted by molar-refractivity contribution is 8.87. The van der Waals surface area contributed by atoms with Crippen molar-refractivity contribution in [1.29, 1.82) is 0 Å². The predicted molar refractivity (Wildman–Crippen MR) is 549 cm³/mol. The van der Waals surface area contributed by atoms with Crippen molar-refractivity contribution >= 4 is 82.5 Å². The monoisotopic (exact) mass is 1840 g/mol. The Morgan fingerprint density at radius 3 is 0.553 bits per heavy atom. The van der Waals surface area contributed by atoms with E-state index >= 15 is 0 Å². The SMILES string of the molecule is CCCCCCCCCCCOC(=O)CCCCCCCCCCCSP(OC1CCC(C(C)(C)C2CCC(OP(SCCCCCCCCCCCC(=O)OCCCCCCCCCCC)SCCCCCCCCCCCC(=O)OCCCCCCCCCCC)CC2)CC1)SCCCCCCCCCCCC(=O)OCCCCCCCCCCC. The molecule has 10 nitrogen and oxygen atoms in total. The molecule has 0 radical (unpaired) electrons. The minimum atomic E-state index is -0.555. The molecule has 2 aliphatic carbocycles. The molecule has 2 aliphatic rings. The zero-order valence-electron chi connectivity index (χ0n) is 82.5. The third kappa shape index (κ3) is 80.3. The summed E-state index contributed by atoms with van der Waals surface area (Å²) in [5, 5.41) is 0. The average molecular weight is 1840 g/mol. The van der Waals surface area contributed by atoms with Crippen molar-refractivity contribution in [1.82, 2.24) is 0 Å². The van der Waals surface area contributed by atoms with Gasteiger partial charge in [0.15, 0.2) is 13.1 Å². The zero-order valence-corrected chi connectivity index (χ0v) is 87.5. The van der Waals surface area contributed by atoms with Crippen LogP contribution >= 0.6 is 58.6 Å². The Hall–Kier alpha value is 0.0600. The molecule has 0 N–H and O–H groups in total. The fourth-order valence-electron chi connectivity index (χ4n) is 18.3. The molecule has 0 heterocycles. The van der Waals surface area contributed by atoms with Crippen molar-refractivity contribution in [3.8, 4) is 0 Å². The average Bonchev–Trinajstić information content (AvgIpc) is 0.801. The third-order valence-corrected chi connectivity index (χ3v) is 40.1. The Labute approximate surface area is 783 Å². The third-order valence-electron chi connectivity index (χ3n) is 26.9. The summed E-state index contributed by atoms with van der Waals surface area (Å²) in [6, 6.07) is 0. The number of ether oxygens (including phenoxy) is 4. The van der Waals surface area contributed by atoms with E-state index in [0.29, 0.717) is 69.7 Å². The summed E-state index contributed by atoms with van der Waals surface area (Å²) in [6.07, 6.45) is 104. The largest absolute Gasteiger partial charge is 0.466 e. The molecular formula is C107H206O10P2S4. The summed E-state index contributed by atoms with van der Waals surface area (Å²) < 4.78 is 36.8. The molecule has 728 valence electrons. The molecular weight excluding hydrogens is 1640 g/mol. The Morgan fingerprint density at radius 1 is 0.220 bits per heavy atom. The van der Waals surface area contributed by atoms with Crippen LogP contribution in [0.5, 0.6) is 0 Å². The first-order chi connectivity index (χ1) is 60.5. The molecule has 0 aliphatic heterocycles. The maximum Gasteiger partial charge on any atom is 0.305 e. The minimum absolute atomic E-state index is 0.00941. The van der Waals surface area contributed by atoms with Gasteiger partial charge < -0.3 is 28.0 Å². The number of carbonyl (C=O) groups is 4. The van der Waals surface area contributed by atoms with Gasteiger partial charge in [0.05, 0.1) is 38.6 Å². The summed E-state index contributed by atoms with van der Waals surface area (Å²) in [6.45, 7) is 15.7. The Bertz CT molecular complexity index is 1950. The van der Waals surface area contributed by atoms with Crippen LogP contribution in [0.15, 0.2) is 0 Å². The van der Waals surface area contributed by atoms with Crippen molar-refractivity contribution in [3.63, 3.8) is 0 Å². The van der Waals surface area contributed by atoms with Crippen LogP contribution in [0.2, 0.25) is 0 Å². The van der Waals surface area contributed by atoms with E-state index in [2.05, 4.69) is 87.1 Å². The molecule has 0 aromatic carbocycles. The number of rotatable bonds is 98. The van der Waals surface area contributed by atoms with E-state index < -0.39 is 13.1 Å². The van der Waals surface area contributed by atoms with Crippen LogP contribution in [-0.2, 0) is 47.2 Å². The highest BCUT2D eigenvalue weighted by Gasteiger charge is 2.42. The highest BCUT2D eigenvalue weighted by atomic mass is 33.1. The van der Waals surface area contributed by atoms with Crippen LogP contribution in [-0.4, -0.2) is 85.5 Å². The van der Waals surface area contributed by atoms with Gasteiger partial charge in [-0.25, -0.2) is 0 Å². The van der Waals surface area contributed by atoms with Gasteiger partial charge in [-0.2, -0.15) is 0 Å². The molecule has 0 bridgehead atoms. The van der Waals surface area contributed by atoms with Crippen molar-refractivity contribution in [2.45, 2.75) is 593 Å². The first-order valence-electron chi connectivity index (χ1n) is 54.6. The van der Waals surface area contributed by atoms with Crippen LogP contribution in [0.4, 0.5) is 0 Å². The second kappa shape index (κ2) is 93.9. The van der Waals surface area contributed by atoms with E-state index in [0.717, 1.165) is 88.9 Å². The second-order valence-corrected chi connectivity index (χ2v) is 51.1. The number of hydrogen-bond donors (Lipinski definition) is 0. The standard InChI is InChI=1S/C107H206O10P2S4/c1-7-11-15-19-23-35-47-59-71-91-112-103(108)79-67-55-43-31-27-39-51-63-75-95-120-118(121-96-76-64-52-40-28-32-44-56-68-80-104(109)113-92-72-60-48-36-24-20-16-12-8-2)116-101-87-83-99(84-88-101)107(5,6)100-85-89-102(90-86-100)117-119(122-97-77-65-53-41-29-33-45-57-69-81-105(110)114-93-73-61-49-37-25-21-17-13-9-3)123-98-78-66-54-42-30-34-46-58-70-82-106(111)115-94-74-62-50-38-26-22-18-14-10-4/h99-102H,7-98H2,1-6H3. The molecule has 2 fully saturated rings. The summed E-state index contributed by atoms with van der Waals surface area (Å²) >= 11 is 8.68. The van der Waals surface area contributed by atoms with Gasteiger partial charge in [0.25, 0.3) is 0 Å². The lowest BCUT2D eigenvalue weighted by molar-refractivity contribution is -0.144. The quantitative estimate of drug-likeness (QED) is 0.0248. The maximum absolute atomic E-state index is 12.3. The van der Waals surface area contributed by atoms with Crippen LogP contribution in [0.1, 0.15) is 581 Å². The van der Waals surface area contributed by atoms with Crippen LogP contribution < -0.4 is 0 Å². The lowest BCUT2D eigenvalue weighted by atomic mass is 9.60. The molecule has 0 unspecified atom stereocenters. The predicted octanol–water partition coefficient (Wildman–Crippen LogP) is 38.4. The van der Waals surface area contributed by atoms with E-state index in [9.17, 15) is 19.2 Å². The van der Waals surface area contributed by atoms with E-state index in [-0.39, 0.29) is 23.9 Å². The van der Waals surface area contributed by atoms with Gasteiger partial charge in [-0.15, -0.1) is 0 Å². The number of unbranched alkanes of at least 4 members (excludes halogenated alkanes) is 64. The molecule has 123 heavy (non-hydrogen) atoms. The first-order valence-corrected chi connectivity index (χ1v) is 63.5. The van der Waals surface area contributed by atoms with E-state index in [1.807, 2.05) is 0 Å². The highest BCUT2D eigenvalue weighted by Crippen LogP contribution is 2.65. The van der Waals surface area contributed by atoms with Gasteiger partial charge in [-0.05, 0) is 146 Å². The molecule has 0 amide bonds. The Balaban J connectivity index is 1.82. The lowest BCUT2D eigenvalue weighted by Crippen LogP contribution is -2.38. The van der Waals surface area contributed by atoms with E-state index in [1.165, 1.54) is 460 Å². The van der Waals surface area contributed by atoms with Gasteiger partial charge in [-0.1, -0.05) is 472 Å². The maximum atomic E-state index is 12.3. The smallest absolute Gasteiger partial charge is 0.305 e. The normalized spacial score (nSPS) is 15.7. The summed E-state index contributed by atoms with van der Waals surface area (Å²) in [7, 11) is 0. The van der Waals surface area contributed by atoms with Gasteiger partial charge in [0.2, 0.25) is 0 Å². The summed E-state index contributed by atoms with van der Waals surface area (Å²) in [4.78, 5) is 49.4. The van der Waals surface area contributed by atoms with Crippen LogP contribution in [0, 0.1) is 17.3 Å². The molecule has 2 rings (SSSR count). The molecule has 0 spiro atoms. The van der Waals surface area contributed by atoms with Crippen molar-refractivity contribution in [2.75, 3.05) is 49.4 Å². The molecule has 0 aromatic rings. The van der Waals surface area contributed by atoms with Crippen molar-refractivity contribution in [2.24, 2.45) is 17.3 Å². The zero-order chi connectivity index (χ0) is 88.4. The molecule has 16 heteroatoms. The lowest BCUT2D eigenvalue weighted by Gasteiger charge is -2.47. The van der Waals surface area contributed by atoms with E-state index in [1.54, 1.807) is 0 Å². The fraction of sp³-hybridized carbons (Fsp3) is 0.963. The van der Waals surface area contributed by atoms with Crippen LogP contribution in [0.3, 0.4) is 0 Å². The minimum Gasteiger partial charge on any atom is -0.466 e. The Morgan fingerprint density at radius 2 is 0.374 bits per heavy atom. The number of carbonyl (C=O) groups excluding carboxylic acids is 4. The Kier molecular flexibility index (Phi) is 90.9. The molecule has 0 atom stereocenters. The topological polar surface area (TPSA) is 124 Å². The number of hydrogen-bond acceptors (Lipinski definition) is 14. The molecule has 0 aromatic heterocycles. The fourth-order valence-corrected chi connectivity index (χ4v) is 31.5. The summed E-state index contributed by atoms with van der Waals surface area (Å²) in [5.74, 6) is 6.45. The summed E-state index contributed by atoms with van der Waals surface area (Å²) in [5.41, 5.74) is 0.338. The van der Waals surface area contributed by atoms with Gasteiger partial charge in [-0.3, -0.25) is 19.2 Å². The molecule has 0 saturated heterocycles. The van der Waals surface area contributed by atoms with Crippen molar-refractivity contribution in [3.05, 3.63) is 0 Å². The van der Waals surface area contributed by atoms with Crippen molar-refractivity contribution < 1.29 is 47.2 Å². The second-order valence-electron chi connectivity index (χ2n) is 38.7. The molecule has 2 saturated carbocycles.